The van der Waals surface area contributed by atoms with Crippen molar-refractivity contribution in [1.82, 2.24) is 24.6 Å². The van der Waals surface area contributed by atoms with Gasteiger partial charge in [-0.05, 0) is 58.4 Å². The fraction of sp³-hybridized carbons (Fsp3) is 0.375. The van der Waals surface area contributed by atoms with Gasteiger partial charge in [0.2, 0.25) is 11.8 Å². The lowest BCUT2D eigenvalue weighted by Gasteiger charge is -2.21. The first-order valence-corrected chi connectivity index (χ1v) is 11.0. The molecule has 0 fully saturated rings. The fourth-order valence-corrected chi connectivity index (χ4v) is 3.56. The minimum atomic E-state index is -0.238. The summed E-state index contributed by atoms with van der Waals surface area (Å²) in [4.78, 5) is 36.1. The highest BCUT2D eigenvalue weighted by atomic mass is 16.2. The maximum absolute atomic E-state index is 12.9. The summed E-state index contributed by atoms with van der Waals surface area (Å²) < 4.78 is 1.53. The molecule has 2 N–H and O–H groups in total. The first-order chi connectivity index (χ1) is 15.7. The number of rotatable bonds is 9. The van der Waals surface area contributed by atoms with Crippen molar-refractivity contribution in [3.8, 4) is 5.95 Å². The third-order valence-corrected chi connectivity index (χ3v) is 4.95. The Labute approximate surface area is 194 Å². The largest absolute Gasteiger partial charge is 0.325 e. The summed E-state index contributed by atoms with van der Waals surface area (Å²) in [5.41, 5.74) is 4.13. The number of carbonyl (C=O) groups is 2. The Morgan fingerprint density at radius 3 is 2.18 bits per heavy atom. The molecular formula is C24H31N7O2. The minimum Gasteiger partial charge on any atom is -0.325 e. The van der Waals surface area contributed by atoms with Crippen molar-refractivity contribution in [2.24, 2.45) is 0 Å². The second-order valence-corrected chi connectivity index (χ2v) is 8.16. The van der Waals surface area contributed by atoms with Gasteiger partial charge < -0.3 is 10.6 Å². The van der Waals surface area contributed by atoms with E-state index in [2.05, 4.69) is 25.7 Å². The molecule has 0 atom stereocenters. The third kappa shape index (κ3) is 6.69. The lowest BCUT2D eigenvalue weighted by Crippen LogP contribution is -2.39. The van der Waals surface area contributed by atoms with E-state index in [1.807, 2.05) is 69.9 Å². The second-order valence-electron chi connectivity index (χ2n) is 8.16. The van der Waals surface area contributed by atoms with Crippen LogP contribution in [0, 0.1) is 27.7 Å². The lowest BCUT2D eigenvalue weighted by molar-refractivity contribution is -0.120. The van der Waals surface area contributed by atoms with Crippen LogP contribution in [-0.2, 0) is 9.59 Å². The molecule has 0 aliphatic rings. The van der Waals surface area contributed by atoms with Crippen LogP contribution < -0.4 is 10.6 Å². The van der Waals surface area contributed by atoms with E-state index in [4.69, 9.17) is 0 Å². The second kappa shape index (κ2) is 10.8. The number of nitrogens with one attached hydrogen (secondary N) is 2. The Morgan fingerprint density at radius 1 is 0.909 bits per heavy atom. The average molecular weight is 450 g/mol. The summed E-state index contributed by atoms with van der Waals surface area (Å²) in [6.45, 7) is 10.4. The predicted molar refractivity (Wildman–Crippen MR) is 129 cm³/mol. The SMILES string of the molecule is CCCN(CC(=O)Nc1ccccc1C)CC(=O)Nc1cc(C)nn1-c1nc(C)cc(C)n1. The summed E-state index contributed by atoms with van der Waals surface area (Å²) in [6, 6.07) is 11.3. The monoisotopic (exact) mass is 449 g/mol. The number of hydrogen-bond donors (Lipinski definition) is 2. The molecule has 2 aromatic heterocycles. The van der Waals surface area contributed by atoms with E-state index < -0.39 is 0 Å². The van der Waals surface area contributed by atoms with Crippen molar-refractivity contribution in [3.63, 3.8) is 0 Å². The van der Waals surface area contributed by atoms with Gasteiger partial charge in [-0.25, -0.2) is 9.97 Å². The normalized spacial score (nSPS) is 11.0. The first-order valence-electron chi connectivity index (χ1n) is 11.0. The number of anilines is 2. The van der Waals surface area contributed by atoms with Crippen molar-refractivity contribution < 1.29 is 9.59 Å². The van der Waals surface area contributed by atoms with Crippen LogP contribution in [0.5, 0.6) is 0 Å². The van der Waals surface area contributed by atoms with Gasteiger partial charge in [-0.2, -0.15) is 9.78 Å². The molecule has 2 heterocycles. The number of carbonyl (C=O) groups excluding carboxylic acids is 2. The quantitative estimate of drug-likeness (QED) is 0.520. The van der Waals surface area contributed by atoms with E-state index in [0.29, 0.717) is 18.3 Å². The van der Waals surface area contributed by atoms with Gasteiger partial charge >= 0.3 is 0 Å². The van der Waals surface area contributed by atoms with E-state index >= 15 is 0 Å². The Balaban J connectivity index is 1.68. The van der Waals surface area contributed by atoms with Gasteiger partial charge in [0.25, 0.3) is 5.95 Å². The Hall–Kier alpha value is -3.59. The molecule has 174 valence electrons. The molecule has 3 aromatic rings. The number of aryl methyl sites for hydroxylation is 4. The van der Waals surface area contributed by atoms with Gasteiger partial charge in [0.1, 0.15) is 5.82 Å². The molecule has 9 nitrogen and oxygen atoms in total. The highest BCUT2D eigenvalue weighted by molar-refractivity contribution is 5.94. The summed E-state index contributed by atoms with van der Waals surface area (Å²) >= 11 is 0. The maximum Gasteiger partial charge on any atom is 0.252 e. The van der Waals surface area contributed by atoms with Crippen molar-refractivity contribution in [3.05, 3.63) is 59.0 Å². The van der Waals surface area contributed by atoms with Crippen molar-refractivity contribution in [2.45, 2.75) is 41.0 Å². The van der Waals surface area contributed by atoms with Gasteiger partial charge in [0.15, 0.2) is 0 Å². The highest BCUT2D eigenvalue weighted by Crippen LogP contribution is 2.16. The molecule has 2 amide bonds. The number of para-hydroxylation sites is 1. The molecule has 0 radical (unpaired) electrons. The number of aromatic nitrogens is 4. The first kappa shape index (κ1) is 24.1. The van der Waals surface area contributed by atoms with Crippen LogP contribution in [0.3, 0.4) is 0 Å². The van der Waals surface area contributed by atoms with Gasteiger partial charge in [0, 0.05) is 23.1 Å². The van der Waals surface area contributed by atoms with Gasteiger partial charge in [0.05, 0.1) is 18.8 Å². The molecule has 0 spiro atoms. The van der Waals surface area contributed by atoms with Crippen LogP contribution >= 0.6 is 0 Å². The lowest BCUT2D eigenvalue weighted by atomic mass is 10.2. The van der Waals surface area contributed by atoms with E-state index in [0.717, 1.165) is 34.8 Å². The molecule has 0 saturated carbocycles. The highest BCUT2D eigenvalue weighted by Gasteiger charge is 2.18. The molecule has 0 aliphatic carbocycles. The van der Waals surface area contributed by atoms with Crippen LogP contribution in [0.1, 0.15) is 36.0 Å². The Bertz CT molecular complexity index is 1120. The van der Waals surface area contributed by atoms with Crippen LogP contribution in [0.15, 0.2) is 36.4 Å². The molecule has 33 heavy (non-hydrogen) atoms. The number of nitrogens with zero attached hydrogens (tertiary/aromatic N) is 5. The van der Waals surface area contributed by atoms with E-state index in [9.17, 15) is 9.59 Å². The standard InChI is InChI=1S/C24H31N7O2/c1-6-11-30(14-22(32)27-20-10-8-7-9-16(20)2)15-23(33)28-21-13-19(5)29-31(21)24-25-17(3)12-18(4)26-24/h7-10,12-13H,6,11,14-15H2,1-5H3,(H,27,32)(H,28,33). The zero-order valence-electron chi connectivity index (χ0n) is 19.8. The molecule has 1 aromatic carbocycles. The predicted octanol–water partition coefficient (Wildman–Crippen LogP) is 3.19. The van der Waals surface area contributed by atoms with Crippen LogP contribution in [0.2, 0.25) is 0 Å². The van der Waals surface area contributed by atoms with Crippen LogP contribution in [0.4, 0.5) is 11.5 Å². The van der Waals surface area contributed by atoms with E-state index in [1.165, 1.54) is 4.68 Å². The molecular weight excluding hydrogens is 418 g/mol. The van der Waals surface area contributed by atoms with Crippen LogP contribution in [-0.4, -0.2) is 56.1 Å². The molecule has 3 rings (SSSR count). The van der Waals surface area contributed by atoms with Crippen LogP contribution in [0.25, 0.3) is 5.95 Å². The zero-order valence-corrected chi connectivity index (χ0v) is 19.8. The molecule has 9 heteroatoms. The smallest absolute Gasteiger partial charge is 0.252 e. The average Bonchev–Trinajstić information content (AvgIpc) is 3.09. The van der Waals surface area contributed by atoms with E-state index in [1.54, 1.807) is 6.07 Å². The third-order valence-electron chi connectivity index (χ3n) is 4.95. The number of amides is 2. The summed E-state index contributed by atoms with van der Waals surface area (Å²) in [5, 5.41) is 10.3. The summed E-state index contributed by atoms with van der Waals surface area (Å²) in [6.07, 6.45) is 0.818. The molecule has 0 saturated heterocycles. The Morgan fingerprint density at radius 2 is 1.55 bits per heavy atom. The number of hydrogen-bond acceptors (Lipinski definition) is 6. The Kier molecular flexibility index (Phi) is 7.89. The van der Waals surface area contributed by atoms with Gasteiger partial charge in [-0.3, -0.25) is 14.5 Å². The molecule has 0 aliphatic heterocycles. The topological polar surface area (TPSA) is 105 Å². The van der Waals surface area contributed by atoms with E-state index in [-0.39, 0.29) is 24.9 Å². The summed E-state index contributed by atoms with van der Waals surface area (Å²) in [5.74, 6) is 0.495. The molecule has 0 bridgehead atoms. The van der Waals surface area contributed by atoms with Crippen molar-refractivity contribution >= 4 is 23.3 Å². The van der Waals surface area contributed by atoms with Gasteiger partial charge in [-0.1, -0.05) is 25.1 Å². The minimum absolute atomic E-state index is 0.0764. The van der Waals surface area contributed by atoms with Crippen molar-refractivity contribution in [2.75, 3.05) is 30.3 Å². The number of benzene rings is 1. The van der Waals surface area contributed by atoms with Crippen molar-refractivity contribution in [1.29, 1.82) is 0 Å². The van der Waals surface area contributed by atoms with Gasteiger partial charge in [-0.15, -0.1) is 0 Å². The maximum atomic E-state index is 12.9. The zero-order chi connectivity index (χ0) is 24.0. The summed E-state index contributed by atoms with van der Waals surface area (Å²) in [7, 11) is 0. The molecule has 0 unspecified atom stereocenters. The fourth-order valence-electron chi connectivity index (χ4n) is 3.56.